The highest BCUT2D eigenvalue weighted by Crippen LogP contribution is 2.20. The Balaban J connectivity index is 2.23. The molecule has 2 aromatic rings. The fourth-order valence-corrected chi connectivity index (χ4v) is 1.63. The number of amides is 1. The molecule has 1 N–H and O–H groups in total. The van der Waals surface area contributed by atoms with Gasteiger partial charge in [-0.25, -0.2) is 4.39 Å². The molecule has 1 amide bonds. The number of carbonyl (C=O) groups excluding carboxylic acids is 1. The van der Waals surface area contributed by atoms with Crippen molar-refractivity contribution >= 4 is 27.8 Å². The molecular formula is C9H7BrFN5O. The van der Waals surface area contributed by atoms with Gasteiger partial charge in [0, 0.05) is 0 Å². The number of hydrogen-bond acceptors (Lipinski definition) is 4. The zero-order chi connectivity index (χ0) is 12.4. The number of carbonyl (C=O) groups is 1. The van der Waals surface area contributed by atoms with Gasteiger partial charge in [0.1, 0.15) is 5.82 Å². The van der Waals surface area contributed by atoms with Gasteiger partial charge in [-0.05, 0) is 33.3 Å². The Morgan fingerprint density at radius 3 is 2.94 bits per heavy atom. The van der Waals surface area contributed by atoms with E-state index in [1.54, 1.807) is 7.05 Å². The van der Waals surface area contributed by atoms with Crippen LogP contribution in [0.15, 0.2) is 22.7 Å². The van der Waals surface area contributed by atoms with Gasteiger partial charge in [-0.3, -0.25) is 10.1 Å². The third-order valence-corrected chi connectivity index (χ3v) is 2.74. The summed E-state index contributed by atoms with van der Waals surface area (Å²) >= 11 is 3.00. The summed E-state index contributed by atoms with van der Waals surface area (Å²) in [5, 5.41) is 13.3. The average molecular weight is 300 g/mol. The number of anilines is 1. The summed E-state index contributed by atoms with van der Waals surface area (Å²) in [7, 11) is 1.57. The molecule has 88 valence electrons. The Morgan fingerprint density at radius 1 is 1.53 bits per heavy atom. The van der Waals surface area contributed by atoms with Crippen LogP contribution in [0.4, 0.5) is 10.3 Å². The van der Waals surface area contributed by atoms with Gasteiger partial charge < -0.3 is 0 Å². The van der Waals surface area contributed by atoms with Gasteiger partial charge in [-0.2, -0.15) is 4.80 Å². The molecule has 0 fully saturated rings. The summed E-state index contributed by atoms with van der Waals surface area (Å²) in [4.78, 5) is 13.0. The Labute approximate surface area is 104 Å². The van der Waals surface area contributed by atoms with Crippen molar-refractivity contribution in [2.45, 2.75) is 0 Å². The maximum absolute atomic E-state index is 13.2. The zero-order valence-corrected chi connectivity index (χ0v) is 10.3. The fraction of sp³-hybridized carbons (Fsp3) is 0.111. The van der Waals surface area contributed by atoms with Crippen LogP contribution in [-0.2, 0) is 7.05 Å². The number of nitrogens with zero attached hydrogens (tertiary/aromatic N) is 4. The molecule has 17 heavy (non-hydrogen) atoms. The van der Waals surface area contributed by atoms with E-state index in [1.807, 2.05) is 0 Å². The van der Waals surface area contributed by atoms with E-state index in [9.17, 15) is 9.18 Å². The smallest absolute Gasteiger partial charge is 0.270 e. The predicted octanol–water partition coefficient (Wildman–Crippen LogP) is 1.36. The fourth-order valence-electron chi connectivity index (χ4n) is 1.18. The topological polar surface area (TPSA) is 72.7 Å². The highest BCUT2D eigenvalue weighted by atomic mass is 79.9. The molecule has 8 heteroatoms. The second-order valence-corrected chi connectivity index (χ2v) is 3.95. The molecular weight excluding hydrogens is 293 g/mol. The Morgan fingerprint density at radius 2 is 2.29 bits per heavy atom. The second-order valence-electron chi connectivity index (χ2n) is 3.16. The van der Waals surface area contributed by atoms with E-state index in [-0.39, 0.29) is 16.0 Å². The molecule has 0 atom stereocenters. The van der Waals surface area contributed by atoms with E-state index < -0.39 is 11.7 Å². The van der Waals surface area contributed by atoms with E-state index in [4.69, 9.17) is 0 Å². The lowest BCUT2D eigenvalue weighted by Crippen LogP contribution is -2.14. The monoisotopic (exact) mass is 299 g/mol. The van der Waals surface area contributed by atoms with Gasteiger partial charge in [0.2, 0.25) is 0 Å². The molecule has 0 radical (unpaired) electrons. The maximum Gasteiger partial charge on any atom is 0.270 e. The van der Waals surface area contributed by atoms with Crippen molar-refractivity contribution in [3.63, 3.8) is 0 Å². The Hall–Kier alpha value is -1.83. The number of aromatic nitrogens is 4. The molecule has 0 aliphatic rings. The summed E-state index contributed by atoms with van der Waals surface area (Å²) in [6, 6.07) is 4.18. The van der Waals surface area contributed by atoms with Crippen LogP contribution in [0.2, 0.25) is 0 Å². The van der Waals surface area contributed by atoms with E-state index >= 15 is 0 Å². The van der Waals surface area contributed by atoms with E-state index in [2.05, 4.69) is 36.7 Å². The summed E-state index contributed by atoms with van der Waals surface area (Å²) < 4.78 is 13.3. The molecule has 0 bridgehead atoms. The normalized spacial score (nSPS) is 10.3. The molecule has 0 saturated heterocycles. The molecule has 0 aliphatic heterocycles. The molecule has 2 rings (SSSR count). The first kappa shape index (κ1) is 11.6. The number of halogens is 2. The lowest BCUT2D eigenvalue weighted by Gasteiger charge is -2.03. The molecule has 6 nitrogen and oxygen atoms in total. The predicted molar refractivity (Wildman–Crippen MR) is 60.9 cm³/mol. The summed E-state index contributed by atoms with van der Waals surface area (Å²) in [6.07, 6.45) is 0. The lowest BCUT2D eigenvalue weighted by molar-refractivity contribution is 0.102. The van der Waals surface area contributed by atoms with Crippen molar-refractivity contribution in [1.82, 2.24) is 20.2 Å². The second kappa shape index (κ2) is 4.58. The first-order chi connectivity index (χ1) is 8.08. The third kappa shape index (κ3) is 2.47. The first-order valence-corrected chi connectivity index (χ1v) is 5.36. The van der Waals surface area contributed by atoms with Crippen molar-refractivity contribution in [2.24, 2.45) is 7.05 Å². The van der Waals surface area contributed by atoms with Crippen molar-refractivity contribution < 1.29 is 9.18 Å². The molecule has 1 aromatic carbocycles. The van der Waals surface area contributed by atoms with Gasteiger partial charge in [-0.1, -0.05) is 11.2 Å². The summed E-state index contributed by atoms with van der Waals surface area (Å²) in [6.45, 7) is 0. The van der Waals surface area contributed by atoms with Crippen LogP contribution in [0.1, 0.15) is 10.4 Å². The van der Waals surface area contributed by atoms with Crippen LogP contribution >= 0.6 is 15.9 Å². The average Bonchev–Trinajstić information content (AvgIpc) is 2.68. The molecule has 0 aliphatic carbocycles. The van der Waals surface area contributed by atoms with Gasteiger partial charge in [0.05, 0.1) is 17.1 Å². The Kier molecular flexibility index (Phi) is 3.14. The van der Waals surface area contributed by atoms with Crippen LogP contribution in [0.5, 0.6) is 0 Å². The largest absolute Gasteiger partial charge is 0.288 e. The number of hydrogen-bond donors (Lipinski definition) is 1. The zero-order valence-electron chi connectivity index (χ0n) is 8.69. The highest BCUT2D eigenvalue weighted by molar-refractivity contribution is 9.10. The highest BCUT2D eigenvalue weighted by Gasteiger charge is 2.14. The minimum absolute atomic E-state index is 0.0636. The minimum atomic E-state index is -0.510. The maximum atomic E-state index is 13.2. The lowest BCUT2D eigenvalue weighted by atomic mass is 10.2. The number of aryl methyl sites for hydroxylation is 1. The number of rotatable bonds is 2. The Bertz CT molecular complexity index is 570. The van der Waals surface area contributed by atoms with Crippen LogP contribution in [0, 0.1) is 5.82 Å². The van der Waals surface area contributed by atoms with E-state index in [1.165, 1.54) is 23.0 Å². The number of tetrazole rings is 1. The summed E-state index contributed by atoms with van der Waals surface area (Å²) in [5.74, 6) is -0.956. The van der Waals surface area contributed by atoms with Gasteiger partial charge in [0.25, 0.3) is 11.9 Å². The SMILES string of the molecule is Cn1nnc(NC(=O)c2cccc(F)c2Br)n1. The molecule has 1 heterocycles. The molecule has 0 saturated carbocycles. The van der Waals surface area contributed by atoms with E-state index in [0.29, 0.717) is 0 Å². The van der Waals surface area contributed by atoms with Gasteiger partial charge in [-0.15, -0.1) is 5.10 Å². The molecule has 0 spiro atoms. The van der Waals surface area contributed by atoms with Crippen molar-refractivity contribution in [3.8, 4) is 0 Å². The van der Waals surface area contributed by atoms with Gasteiger partial charge >= 0.3 is 0 Å². The number of benzene rings is 1. The standard InChI is InChI=1S/C9H7BrFN5O/c1-16-14-9(13-15-16)12-8(17)5-3-2-4-6(11)7(5)10/h2-4H,1H3,(H,12,14,17). The van der Waals surface area contributed by atoms with Crippen molar-refractivity contribution in [3.05, 3.63) is 34.1 Å². The van der Waals surface area contributed by atoms with Gasteiger partial charge in [0.15, 0.2) is 0 Å². The van der Waals surface area contributed by atoms with Crippen LogP contribution in [0.3, 0.4) is 0 Å². The van der Waals surface area contributed by atoms with Crippen LogP contribution in [-0.4, -0.2) is 26.1 Å². The molecule has 1 aromatic heterocycles. The van der Waals surface area contributed by atoms with Crippen LogP contribution < -0.4 is 5.32 Å². The quantitative estimate of drug-likeness (QED) is 0.909. The van der Waals surface area contributed by atoms with E-state index in [0.717, 1.165) is 0 Å². The third-order valence-electron chi connectivity index (χ3n) is 1.93. The van der Waals surface area contributed by atoms with Crippen molar-refractivity contribution in [2.75, 3.05) is 5.32 Å². The first-order valence-electron chi connectivity index (χ1n) is 4.57. The minimum Gasteiger partial charge on any atom is -0.288 e. The van der Waals surface area contributed by atoms with Crippen LogP contribution in [0.25, 0.3) is 0 Å². The number of nitrogens with one attached hydrogen (secondary N) is 1. The van der Waals surface area contributed by atoms with Crippen molar-refractivity contribution in [1.29, 1.82) is 0 Å². The summed E-state index contributed by atoms with van der Waals surface area (Å²) in [5.41, 5.74) is 0.164. The molecule has 0 unspecified atom stereocenters.